The lowest BCUT2D eigenvalue weighted by Crippen LogP contribution is -1.99. The number of aromatic carboxylic acids is 1. The lowest BCUT2D eigenvalue weighted by atomic mass is 10.1. The molecule has 0 radical (unpaired) electrons. The summed E-state index contributed by atoms with van der Waals surface area (Å²) in [4.78, 5) is 14.9. The van der Waals surface area contributed by atoms with Crippen LogP contribution in [0, 0.1) is 0 Å². The molecule has 0 aliphatic carbocycles. The maximum Gasteiger partial charge on any atom is 0.335 e. The summed E-state index contributed by atoms with van der Waals surface area (Å²) in [6, 6.07) is 6.05. The molecule has 2 rings (SSSR count). The molecule has 0 unspecified atom stereocenters. The van der Waals surface area contributed by atoms with Crippen LogP contribution >= 0.6 is 0 Å². The molecule has 0 bridgehead atoms. The van der Waals surface area contributed by atoms with Gasteiger partial charge in [0.25, 0.3) is 0 Å². The Morgan fingerprint density at radius 2 is 2.12 bits per heavy atom. The number of nitrogens with two attached hydrogens (primary N) is 1. The van der Waals surface area contributed by atoms with E-state index in [-0.39, 0.29) is 12.2 Å². The number of aliphatic hydroxyl groups excluding tert-OH is 1. The smallest absolute Gasteiger partial charge is 0.335 e. The highest BCUT2D eigenvalue weighted by Gasteiger charge is 2.08. The number of carbonyl (C=O) groups is 1. The molecule has 0 aliphatic rings. The highest BCUT2D eigenvalue weighted by molar-refractivity contribution is 5.94. The summed E-state index contributed by atoms with van der Waals surface area (Å²) in [6.45, 7) is -0.202. The highest BCUT2D eigenvalue weighted by Crippen LogP contribution is 2.21. The number of nitrogens with zero attached hydrogens (tertiary/aromatic N) is 1. The number of rotatable bonds is 2. The van der Waals surface area contributed by atoms with E-state index in [9.17, 15) is 4.79 Å². The molecule has 0 amide bonds. The number of aliphatic hydroxyl groups is 1. The first-order valence-corrected chi connectivity index (χ1v) is 4.65. The minimum Gasteiger partial charge on any atom is -0.478 e. The van der Waals surface area contributed by atoms with Crippen molar-refractivity contribution in [3.05, 3.63) is 35.4 Å². The highest BCUT2D eigenvalue weighted by atomic mass is 16.4. The van der Waals surface area contributed by atoms with Gasteiger partial charge in [0.15, 0.2) is 0 Å². The number of pyridine rings is 1. The van der Waals surface area contributed by atoms with Gasteiger partial charge in [-0.25, -0.2) is 9.78 Å². The third-order valence-electron chi connectivity index (χ3n) is 2.33. The maximum atomic E-state index is 10.8. The summed E-state index contributed by atoms with van der Waals surface area (Å²) in [5.74, 6) is -0.706. The number of nitrogen functional groups attached to an aromatic ring is 1. The molecule has 0 fully saturated rings. The van der Waals surface area contributed by atoms with Crippen LogP contribution in [0.4, 0.5) is 5.82 Å². The van der Waals surface area contributed by atoms with E-state index in [0.717, 1.165) is 0 Å². The average molecular weight is 218 g/mol. The molecule has 4 N–H and O–H groups in total. The minimum absolute atomic E-state index is 0.161. The first-order valence-electron chi connectivity index (χ1n) is 4.65. The number of benzene rings is 1. The van der Waals surface area contributed by atoms with E-state index in [2.05, 4.69) is 4.98 Å². The molecule has 0 saturated carbocycles. The second-order valence-electron chi connectivity index (χ2n) is 3.40. The number of aromatic nitrogens is 1. The molecule has 2 aromatic rings. The molecular formula is C11H10N2O3. The molecule has 5 nitrogen and oxygen atoms in total. The van der Waals surface area contributed by atoms with Crippen LogP contribution in [0.5, 0.6) is 0 Å². The predicted molar refractivity (Wildman–Crippen MR) is 59.0 cm³/mol. The van der Waals surface area contributed by atoms with E-state index in [4.69, 9.17) is 15.9 Å². The Labute approximate surface area is 91.2 Å². The van der Waals surface area contributed by atoms with Gasteiger partial charge in [0.05, 0.1) is 17.7 Å². The van der Waals surface area contributed by atoms with Crippen LogP contribution in [0.2, 0.25) is 0 Å². The summed E-state index contributed by atoms with van der Waals surface area (Å²) in [6.07, 6.45) is 0. The molecule has 1 aromatic carbocycles. The quantitative estimate of drug-likeness (QED) is 0.698. The summed E-state index contributed by atoms with van der Waals surface area (Å²) in [5, 5.41) is 18.6. The van der Waals surface area contributed by atoms with Gasteiger partial charge in [0.1, 0.15) is 5.82 Å². The molecule has 5 heteroatoms. The monoisotopic (exact) mass is 218 g/mol. The average Bonchev–Trinajstić information content (AvgIpc) is 2.27. The van der Waals surface area contributed by atoms with Gasteiger partial charge in [-0.2, -0.15) is 0 Å². The van der Waals surface area contributed by atoms with E-state index in [1.807, 2.05) is 0 Å². The standard InChI is InChI=1S/C11H10N2O3/c12-10-4-7(5-14)8-3-6(11(15)16)1-2-9(8)13-10/h1-4,14H,5H2,(H2,12,13)(H,15,16). The lowest BCUT2D eigenvalue weighted by Gasteiger charge is -2.05. The molecule has 0 saturated heterocycles. The number of hydrogen-bond donors (Lipinski definition) is 3. The van der Waals surface area contributed by atoms with Crippen molar-refractivity contribution in [3.8, 4) is 0 Å². The van der Waals surface area contributed by atoms with Gasteiger partial charge >= 0.3 is 5.97 Å². The van der Waals surface area contributed by atoms with Crippen molar-refractivity contribution < 1.29 is 15.0 Å². The van der Waals surface area contributed by atoms with Gasteiger partial charge in [-0.05, 0) is 29.8 Å². The second kappa shape index (κ2) is 3.79. The number of fused-ring (bicyclic) bond motifs is 1. The van der Waals surface area contributed by atoms with Crippen LogP contribution in [-0.2, 0) is 6.61 Å². The fourth-order valence-corrected chi connectivity index (χ4v) is 1.58. The van der Waals surface area contributed by atoms with Crippen LogP contribution < -0.4 is 5.73 Å². The van der Waals surface area contributed by atoms with E-state index in [0.29, 0.717) is 22.3 Å². The van der Waals surface area contributed by atoms with Crippen molar-refractivity contribution in [3.63, 3.8) is 0 Å². The SMILES string of the molecule is Nc1cc(CO)c2cc(C(=O)O)ccc2n1. The van der Waals surface area contributed by atoms with E-state index >= 15 is 0 Å². The van der Waals surface area contributed by atoms with Crippen LogP contribution in [0.25, 0.3) is 10.9 Å². The van der Waals surface area contributed by atoms with Gasteiger partial charge < -0.3 is 15.9 Å². The topological polar surface area (TPSA) is 96.4 Å². The van der Waals surface area contributed by atoms with Crippen molar-refractivity contribution in [1.82, 2.24) is 4.98 Å². The Balaban J connectivity index is 2.75. The molecule has 0 aliphatic heterocycles. The fourth-order valence-electron chi connectivity index (χ4n) is 1.58. The zero-order chi connectivity index (χ0) is 11.7. The first-order chi connectivity index (χ1) is 7.61. The van der Waals surface area contributed by atoms with Crippen LogP contribution in [-0.4, -0.2) is 21.2 Å². The number of carboxylic acids is 1. The zero-order valence-electron chi connectivity index (χ0n) is 8.34. The Kier molecular flexibility index (Phi) is 2.46. The summed E-state index contributed by atoms with van der Waals surface area (Å²) >= 11 is 0. The molecule has 1 aromatic heterocycles. The molecular weight excluding hydrogens is 208 g/mol. The Morgan fingerprint density at radius 3 is 2.75 bits per heavy atom. The van der Waals surface area contributed by atoms with Crippen molar-refractivity contribution in [2.45, 2.75) is 6.61 Å². The third-order valence-corrected chi connectivity index (χ3v) is 2.33. The first kappa shape index (κ1) is 10.4. The van der Waals surface area contributed by atoms with Crippen molar-refractivity contribution in [1.29, 1.82) is 0 Å². The number of carboxylic acid groups (broad SMARTS) is 1. The second-order valence-corrected chi connectivity index (χ2v) is 3.40. The normalized spacial score (nSPS) is 10.6. The minimum atomic E-state index is -1.01. The van der Waals surface area contributed by atoms with Crippen molar-refractivity contribution >= 4 is 22.7 Å². The van der Waals surface area contributed by atoms with Crippen molar-refractivity contribution in [2.75, 3.05) is 5.73 Å². The van der Waals surface area contributed by atoms with Gasteiger partial charge in [0, 0.05) is 5.39 Å². The fraction of sp³-hybridized carbons (Fsp3) is 0.0909. The van der Waals surface area contributed by atoms with Crippen LogP contribution in [0.15, 0.2) is 24.3 Å². The lowest BCUT2D eigenvalue weighted by molar-refractivity contribution is 0.0697. The molecule has 16 heavy (non-hydrogen) atoms. The van der Waals surface area contributed by atoms with Gasteiger partial charge in [-0.3, -0.25) is 0 Å². The predicted octanol–water partition coefficient (Wildman–Crippen LogP) is 1.01. The molecule has 82 valence electrons. The van der Waals surface area contributed by atoms with E-state index in [1.54, 1.807) is 6.07 Å². The molecule has 0 spiro atoms. The summed E-state index contributed by atoms with van der Waals surface area (Å²) in [7, 11) is 0. The molecule has 1 heterocycles. The van der Waals surface area contributed by atoms with Crippen LogP contribution in [0.1, 0.15) is 15.9 Å². The van der Waals surface area contributed by atoms with Gasteiger partial charge in [-0.15, -0.1) is 0 Å². The Hall–Kier alpha value is -2.14. The zero-order valence-corrected chi connectivity index (χ0v) is 8.34. The number of anilines is 1. The van der Waals surface area contributed by atoms with E-state index < -0.39 is 5.97 Å². The Bertz CT molecular complexity index is 566. The Morgan fingerprint density at radius 1 is 1.38 bits per heavy atom. The maximum absolute atomic E-state index is 10.8. The van der Waals surface area contributed by atoms with Crippen molar-refractivity contribution in [2.24, 2.45) is 0 Å². The van der Waals surface area contributed by atoms with E-state index in [1.165, 1.54) is 18.2 Å². The number of hydrogen-bond acceptors (Lipinski definition) is 4. The largest absolute Gasteiger partial charge is 0.478 e. The van der Waals surface area contributed by atoms with Gasteiger partial charge in [0.2, 0.25) is 0 Å². The third kappa shape index (κ3) is 1.68. The van der Waals surface area contributed by atoms with Gasteiger partial charge in [-0.1, -0.05) is 0 Å². The molecule has 0 atom stereocenters. The summed E-state index contributed by atoms with van der Waals surface area (Å²) < 4.78 is 0. The summed E-state index contributed by atoms with van der Waals surface area (Å²) in [5.41, 5.74) is 6.87. The van der Waals surface area contributed by atoms with Crippen LogP contribution in [0.3, 0.4) is 0 Å².